The van der Waals surface area contributed by atoms with Crippen LogP contribution in [0, 0.1) is 3.57 Å². The monoisotopic (exact) mass is 354 g/mol. The van der Waals surface area contributed by atoms with Gasteiger partial charge in [-0.15, -0.1) is 0 Å². The van der Waals surface area contributed by atoms with Crippen molar-refractivity contribution < 1.29 is 9.84 Å². The van der Waals surface area contributed by atoms with E-state index in [0.29, 0.717) is 9.99 Å². The third kappa shape index (κ3) is 3.65. The third-order valence-corrected chi connectivity index (χ3v) is 3.00. The Hall–Kier alpha value is -0.670. The number of aromatic amines is 1. The summed E-state index contributed by atoms with van der Waals surface area (Å²) >= 11 is 1.85. The zero-order valence-electron chi connectivity index (χ0n) is 9.64. The molecule has 0 spiro atoms. The van der Waals surface area contributed by atoms with Gasteiger partial charge in [-0.3, -0.25) is 14.3 Å². The van der Waals surface area contributed by atoms with Gasteiger partial charge in [-0.05, 0) is 35.9 Å². The predicted octanol–water partition coefficient (Wildman–Crippen LogP) is 0.447. The van der Waals surface area contributed by atoms with E-state index in [2.05, 4.69) is 4.98 Å². The van der Waals surface area contributed by atoms with Gasteiger partial charge in [0.25, 0.3) is 5.56 Å². The lowest BCUT2D eigenvalue weighted by Gasteiger charge is -2.21. The molecule has 0 aliphatic carbocycles. The molecule has 1 heterocycles. The second-order valence-corrected chi connectivity index (χ2v) is 4.80. The number of H-pyrrole nitrogens is 1. The summed E-state index contributed by atoms with van der Waals surface area (Å²) in [5, 5.41) is 8.92. The summed E-state index contributed by atoms with van der Waals surface area (Å²) in [6, 6.07) is 0. The highest BCUT2D eigenvalue weighted by Crippen LogP contribution is 2.13. The first kappa shape index (κ1) is 14.4. The lowest BCUT2D eigenvalue weighted by atomic mass is 10.3. The van der Waals surface area contributed by atoms with Crippen molar-refractivity contribution in [3.05, 3.63) is 30.6 Å². The van der Waals surface area contributed by atoms with Crippen LogP contribution >= 0.6 is 22.6 Å². The molecule has 0 bridgehead atoms. The lowest BCUT2D eigenvalue weighted by molar-refractivity contribution is -0.0697. The maximum absolute atomic E-state index is 11.6. The number of halogens is 1. The van der Waals surface area contributed by atoms with E-state index in [4.69, 9.17) is 9.84 Å². The Morgan fingerprint density at radius 2 is 2.24 bits per heavy atom. The molecule has 17 heavy (non-hydrogen) atoms. The number of ether oxygens (including phenoxy) is 1. The first-order valence-electron chi connectivity index (χ1n) is 5.26. The van der Waals surface area contributed by atoms with E-state index in [9.17, 15) is 9.59 Å². The SMILES string of the molecule is CC[C@@H](O[C@@H](C)CO)n1cc(I)c(=O)[nH]c1=O. The molecule has 2 atom stereocenters. The normalized spacial score (nSPS) is 14.6. The quantitative estimate of drug-likeness (QED) is 0.752. The molecule has 2 N–H and O–H groups in total. The number of nitrogens with one attached hydrogen (secondary N) is 1. The molecule has 6 nitrogen and oxygen atoms in total. The number of aliphatic hydroxyl groups excluding tert-OH is 1. The fourth-order valence-corrected chi connectivity index (χ4v) is 1.78. The zero-order valence-corrected chi connectivity index (χ0v) is 11.8. The summed E-state index contributed by atoms with van der Waals surface area (Å²) in [7, 11) is 0. The summed E-state index contributed by atoms with van der Waals surface area (Å²) < 4.78 is 7.24. The Morgan fingerprint density at radius 1 is 1.59 bits per heavy atom. The lowest BCUT2D eigenvalue weighted by Crippen LogP contribution is -2.35. The van der Waals surface area contributed by atoms with Crippen LogP contribution in [0.25, 0.3) is 0 Å². The van der Waals surface area contributed by atoms with Gasteiger partial charge in [0.05, 0.1) is 16.3 Å². The van der Waals surface area contributed by atoms with E-state index in [1.807, 2.05) is 29.5 Å². The smallest absolute Gasteiger partial charge is 0.330 e. The fraction of sp³-hybridized carbons (Fsp3) is 0.600. The molecular formula is C10H15IN2O4. The Labute approximate surface area is 112 Å². The summed E-state index contributed by atoms with van der Waals surface area (Å²) in [5.74, 6) is 0. The molecule has 0 aromatic carbocycles. The van der Waals surface area contributed by atoms with Crippen LogP contribution in [-0.2, 0) is 4.74 Å². The Morgan fingerprint density at radius 3 is 2.76 bits per heavy atom. The van der Waals surface area contributed by atoms with E-state index in [0.717, 1.165) is 0 Å². The molecule has 0 radical (unpaired) electrons. The predicted molar refractivity (Wildman–Crippen MR) is 71.0 cm³/mol. The minimum absolute atomic E-state index is 0.119. The summed E-state index contributed by atoms with van der Waals surface area (Å²) in [6.45, 7) is 3.45. The van der Waals surface area contributed by atoms with Gasteiger partial charge in [0.15, 0.2) is 0 Å². The summed E-state index contributed by atoms with van der Waals surface area (Å²) in [5.41, 5.74) is -0.913. The van der Waals surface area contributed by atoms with Crippen LogP contribution < -0.4 is 11.2 Å². The number of hydrogen-bond donors (Lipinski definition) is 2. The van der Waals surface area contributed by atoms with Crippen molar-refractivity contribution in [1.29, 1.82) is 0 Å². The largest absolute Gasteiger partial charge is 0.394 e. The molecule has 0 amide bonds. The van der Waals surface area contributed by atoms with E-state index in [1.54, 1.807) is 6.92 Å². The van der Waals surface area contributed by atoms with Crippen molar-refractivity contribution in [1.82, 2.24) is 9.55 Å². The van der Waals surface area contributed by atoms with Gasteiger partial charge in [-0.25, -0.2) is 4.79 Å². The molecule has 0 unspecified atom stereocenters. The van der Waals surface area contributed by atoms with Crippen molar-refractivity contribution in [2.24, 2.45) is 0 Å². The molecule has 7 heteroatoms. The molecular weight excluding hydrogens is 339 g/mol. The molecule has 0 saturated heterocycles. The van der Waals surface area contributed by atoms with Crippen LogP contribution in [0.2, 0.25) is 0 Å². The van der Waals surface area contributed by atoms with Gasteiger partial charge in [0.1, 0.15) is 6.23 Å². The van der Waals surface area contributed by atoms with Crippen LogP contribution in [-0.4, -0.2) is 27.4 Å². The number of aromatic nitrogens is 2. The van der Waals surface area contributed by atoms with Crippen molar-refractivity contribution in [2.45, 2.75) is 32.6 Å². The highest BCUT2D eigenvalue weighted by atomic mass is 127. The van der Waals surface area contributed by atoms with Crippen LogP contribution in [0.4, 0.5) is 0 Å². The summed E-state index contributed by atoms with van der Waals surface area (Å²) in [6.07, 6.45) is 1.17. The van der Waals surface area contributed by atoms with Crippen molar-refractivity contribution in [2.75, 3.05) is 6.61 Å². The molecule has 1 aromatic rings. The number of hydrogen-bond acceptors (Lipinski definition) is 4. The van der Waals surface area contributed by atoms with Gasteiger partial charge in [0, 0.05) is 6.20 Å². The average Bonchev–Trinajstić information content (AvgIpc) is 2.30. The van der Waals surface area contributed by atoms with Gasteiger partial charge < -0.3 is 9.84 Å². The van der Waals surface area contributed by atoms with E-state index in [-0.39, 0.29) is 12.7 Å². The number of nitrogens with zero attached hydrogens (tertiary/aromatic N) is 1. The molecule has 1 rings (SSSR count). The molecule has 96 valence electrons. The van der Waals surface area contributed by atoms with Gasteiger partial charge in [-0.2, -0.15) is 0 Å². The number of rotatable bonds is 5. The number of aliphatic hydroxyl groups is 1. The fourth-order valence-electron chi connectivity index (χ4n) is 1.34. The third-order valence-electron chi connectivity index (χ3n) is 2.23. The highest BCUT2D eigenvalue weighted by Gasteiger charge is 2.15. The summed E-state index contributed by atoms with van der Waals surface area (Å²) in [4.78, 5) is 25.1. The minimum atomic E-state index is -0.507. The van der Waals surface area contributed by atoms with Crippen LogP contribution in [0.15, 0.2) is 15.8 Å². The van der Waals surface area contributed by atoms with E-state index < -0.39 is 17.5 Å². The minimum Gasteiger partial charge on any atom is -0.394 e. The molecule has 0 fully saturated rings. The Kier molecular flexibility index (Phi) is 5.34. The maximum Gasteiger partial charge on any atom is 0.330 e. The van der Waals surface area contributed by atoms with E-state index in [1.165, 1.54) is 10.8 Å². The molecule has 0 aliphatic rings. The standard InChI is InChI=1S/C10H15IN2O4/c1-3-8(17-6(2)5-14)13-4-7(11)9(15)12-10(13)16/h4,6,8,14H,3,5H2,1-2H3,(H,12,15,16)/t6-,8+/m0/s1. The molecule has 0 aliphatic heterocycles. The highest BCUT2D eigenvalue weighted by molar-refractivity contribution is 14.1. The van der Waals surface area contributed by atoms with Gasteiger partial charge >= 0.3 is 5.69 Å². The topological polar surface area (TPSA) is 84.3 Å². The second kappa shape index (κ2) is 6.31. The Bertz CT molecular complexity index is 482. The van der Waals surface area contributed by atoms with Crippen molar-refractivity contribution in [3.8, 4) is 0 Å². The molecule has 1 aromatic heterocycles. The Balaban J connectivity index is 3.08. The van der Waals surface area contributed by atoms with Crippen molar-refractivity contribution >= 4 is 22.6 Å². The first-order valence-corrected chi connectivity index (χ1v) is 6.34. The second-order valence-electron chi connectivity index (χ2n) is 3.64. The zero-order chi connectivity index (χ0) is 13.0. The average molecular weight is 354 g/mol. The maximum atomic E-state index is 11.6. The van der Waals surface area contributed by atoms with Crippen LogP contribution in [0.3, 0.4) is 0 Å². The molecule has 0 saturated carbocycles. The van der Waals surface area contributed by atoms with Crippen LogP contribution in [0.5, 0.6) is 0 Å². The van der Waals surface area contributed by atoms with Gasteiger partial charge in [-0.1, -0.05) is 6.92 Å². The van der Waals surface area contributed by atoms with Crippen LogP contribution in [0.1, 0.15) is 26.5 Å². The van der Waals surface area contributed by atoms with Gasteiger partial charge in [0.2, 0.25) is 0 Å². The first-order chi connectivity index (χ1) is 7.99. The van der Waals surface area contributed by atoms with Crippen molar-refractivity contribution in [3.63, 3.8) is 0 Å². The van der Waals surface area contributed by atoms with E-state index >= 15 is 0 Å².